The summed E-state index contributed by atoms with van der Waals surface area (Å²) in [7, 11) is 0. The van der Waals surface area contributed by atoms with Crippen molar-refractivity contribution in [3.8, 4) is 0 Å². The molecule has 0 atom stereocenters. The van der Waals surface area contributed by atoms with Gasteiger partial charge >= 0.3 is 0 Å². The van der Waals surface area contributed by atoms with Crippen LogP contribution in [0, 0.1) is 0 Å². The second kappa shape index (κ2) is 7.42. The zero-order valence-electron chi connectivity index (χ0n) is 12.0. The first-order valence-corrected chi connectivity index (χ1v) is 7.07. The van der Waals surface area contributed by atoms with E-state index >= 15 is 0 Å². The third-order valence-corrected chi connectivity index (χ3v) is 3.18. The number of hydrogen-bond donors (Lipinski definition) is 3. The van der Waals surface area contributed by atoms with E-state index in [9.17, 15) is 14.4 Å². The molecular weight excluding hydrogens is 318 g/mol. The van der Waals surface area contributed by atoms with Crippen molar-refractivity contribution in [3.63, 3.8) is 0 Å². The van der Waals surface area contributed by atoms with Gasteiger partial charge < -0.3 is 16.4 Å². The normalized spacial score (nSPS) is 9.96. The number of amides is 3. The number of nitrogens with one attached hydrogen (secondary N) is 2. The van der Waals surface area contributed by atoms with E-state index in [1.54, 1.807) is 30.3 Å². The van der Waals surface area contributed by atoms with Crippen LogP contribution in [0.1, 0.15) is 20.7 Å². The summed E-state index contributed by atoms with van der Waals surface area (Å²) in [5.74, 6) is -1.34. The smallest absolute Gasteiger partial charge is 0.251 e. The Balaban J connectivity index is 1.87. The second-order valence-electron chi connectivity index (χ2n) is 4.68. The fraction of sp³-hybridized carbons (Fsp3) is 0.0625. The van der Waals surface area contributed by atoms with Crippen LogP contribution in [0.25, 0.3) is 0 Å². The molecule has 6 nitrogen and oxygen atoms in total. The summed E-state index contributed by atoms with van der Waals surface area (Å²) in [6.45, 7) is -0.192. The molecule has 3 amide bonds. The van der Waals surface area contributed by atoms with Gasteiger partial charge in [0.05, 0.1) is 6.54 Å². The third-order valence-electron chi connectivity index (χ3n) is 2.95. The zero-order valence-corrected chi connectivity index (χ0v) is 12.8. The highest BCUT2D eigenvalue weighted by Gasteiger charge is 2.09. The summed E-state index contributed by atoms with van der Waals surface area (Å²) >= 11 is 5.80. The SMILES string of the molecule is NC(=O)c1ccc(NC(=O)CNC(=O)c2cccc(Cl)c2)cc1. The zero-order chi connectivity index (χ0) is 16.8. The number of nitrogens with two attached hydrogens (primary N) is 1. The van der Waals surface area contributed by atoms with Crippen LogP contribution in [-0.4, -0.2) is 24.3 Å². The number of benzene rings is 2. The van der Waals surface area contributed by atoms with E-state index in [4.69, 9.17) is 17.3 Å². The average Bonchev–Trinajstić information content (AvgIpc) is 2.53. The Bertz CT molecular complexity index is 744. The quantitative estimate of drug-likeness (QED) is 0.778. The molecule has 2 rings (SSSR count). The minimum absolute atomic E-state index is 0.192. The van der Waals surface area contributed by atoms with E-state index in [1.807, 2.05) is 0 Å². The van der Waals surface area contributed by atoms with Crippen molar-refractivity contribution in [3.05, 3.63) is 64.7 Å². The number of carbonyl (C=O) groups excluding carboxylic acids is 3. The summed E-state index contributed by atoms with van der Waals surface area (Å²) in [5.41, 5.74) is 6.34. The summed E-state index contributed by atoms with van der Waals surface area (Å²) in [4.78, 5) is 34.6. The van der Waals surface area contributed by atoms with E-state index in [1.165, 1.54) is 18.2 Å². The van der Waals surface area contributed by atoms with Gasteiger partial charge in [0.15, 0.2) is 0 Å². The van der Waals surface area contributed by atoms with E-state index in [-0.39, 0.29) is 6.54 Å². The van der Waals surface area contributed by atoms with Gasteiger partial charge in [-0.05, 0) is 42.5 Å². The van der Waals surface area contributed by atoms with Crippen LogP contribution in [0.5, 0.6) is 0 Å². The number of carbonyl (C=O) groups is 3. The lowest BCUT2D eigenvalue weighted by molar-refractivity contribution is -0.115. The first-order valence-electron chi connectivity index (χ1n) is 6.69. The van der Waals surface area contributed by atoms with Gasteiger partial charge in [0.1, 0.15) is 0 Å². The number of primary amides is 1. The highest BCUT2D eigenvalue weighted by atomic mass is 35.5. The molecule has 2 aromatic rings. The first-order chi connectivity index (χ1) is 11.0. The Morgan fingerprint density at radius 3 is 2.30 bits per heavy atom. The molecule has 0 saturated carbocycles. The molecular formula is C16H14ClN3O3. The van der Waals surface area contributed by atoms with Crippen molar-refractivity contribution in [1.82, 2.24) is 5.32 Å². The summed E-state index contributed by atoms with van der Waals surface area (Å²) < 4.78 is 0. The Hall–Kier alpha value is -2.86. The van der Waals surface area contributed by atoms with Gasteiger partial charge in [0.2, 0.25) is 11.8 Å². The highest BCUT2D eigenvalue weighted by Crippen LogP contribution is 2.11. The highest BCUT2D eigenvalue weighted by molar-refractivity contribution is 6.31. The lowest BCUT2D eigenvalue weighted by atomic mass is 10.2. The van der Waals surface area contributed by atoms with Crippen LogP contribution in [0.2, 0.25) is 5.02 Å². The molecule has 23 heavy (non-hydrogen) atoms. The summed E-state index contributed by atoms with van der Waals surface area (Å²) in [6.07, 6.45) is 0. The molecule has 0 unspecified atom stereocenters. The molecule has 4 N–H and O–H groups in total. The molecule has 118 valence electrons. The molecule has 0 aromatic heterocycles. The molecule has 2 aromatic carbocycles. The standard InChI is InChI=1S/C16H14ClN3O3/c17-12-3-1-2-11(8-12)16(23)19-9-14(21)20-13-6-4-10(5-7-13)15(18)22/h1-8H,9H2,(H2,18,22)(H,19,23)(H,20,21). The largest absolute Gasteiger partial charge is 0.366 e. The third kappa shape index (κ3) is 4.82. The van der Waals surface area contributed by atoms with E-state index in [0.29, 0.717) is 21.8 Å². The van der Waals surface area contributed by atoms with E-state index in [0.717, 1.165) is 0 Å². The monoisotopic (exact) mass is 331 g/mol. The molecule has 0 heterocycles. The Labute approximate surface area is 137 Å². The van der Waals surface area contributed by atoms with Crippen LogP contribution in [0.15, 0.2) is 48.5 Å². The predicted octanol–water partition coefficient (Wildman–Crippen LogP) is 1.81. The van der Waals surface area contributed by atoms with Crippen molar-refractivity contribution < 1.29 is 14.4 Å². The fourth-order valence-electron chi connectivity index (χ4n) is 1.82. The molecule has 0 spiro atoms. The molecule has 0 bridgehead atoms. The Kier molecular flexibility index (Phi) is 5.32. The number of rotatable bonds is 5. The molecule has 0 aliphatic carbocycles. The Morgan fingerprint density at radius 1 is 1.00 bits per heavy atom. The van der Waals surface area contributed by atoms with Gasteiger partial charge in [0.25, 0.3) is 5.91 Å². The molecule has 0 saturated heterocycles. The van der Waals surface area contributed by atoms with Crippen LogP contribution < -0.4 is 16.4 Å². The number of hydrogen-bond acceptors (Lipinski definition) is 3. The van der Waals surface area contributed by atoms with Gasteiger partial charge in [-0.3, -0.25) is 14.4 Å². The molecule has 0 aliphatic rings. The van der Waals surface area contributed by atoms with Crippen LogP contribution in [0.4, 0.5) is 5.69 Å². The molecule has 0 aliphatic heterocycles. The van der Waals surface area contributed by atoms with E-state index in [2.05, 4.69) is 10.6 Å². The second-order valence-corrected chi connectivity index (χ2v) is 5.12. The maximum absolute atomic E-state index is 11.9. The maximum atomic E-state index is 11.9. The minimum Gasteiger partial charge on any atom is -0.366 e. The maximum Gasteiger partial charge on any atom is 0.251 e. The van der Waals surface area contributed by atoms with Crippen molar-refractivity contribution in [2.75, 3.05) is 11.9 Å². The first kappa shape index (κ1) is 16.5. The van der Waals surface area contributed by atoms with Gasteiger partial charge in [-0.15, -0.1) is 0 Å². The predicted molar refractivity (Wildman–Crippen MR) is 87.4 cm³/mol. The fourth-order valence-corrected chi connectivity index (χ4v) is 2.01. The minimum atomic E-state index is -0.545. The van der Waals surface area contributed by atoms with Crippen LogP contribution >= 0.6 is 11.6 Å². The van der Waals surface area contributed by atoms with Crippen LogP contribution in [-0.2, 0) is 4.79 Å². The van der Waals surface area contributed by atoms with Gasteiger partial charge in [-0.1, -0.05) is 17.7 Å². The van der Waals surface area contributed by atoms with Gasteiger partial charge in [-0.25, -0.2) is 0 Å². The number of anilines is 1. The lowest BCUT2D eigenvalue weighted by Gasteiger charge is -2.07. The van der Waals surface area contributed by atoms with Crippen LogP contribution in [0.3, 0.4) is 0 Å². The van der Waals surface area contributed by atoms with Gasteiger partial charge in [-0.2, -0.15) is 0 Å². The molecule has 0 fully saturated rings. The summed E-state index contributed by atoms with van der Waals surface area (Å²) in [5, 5.41) is 5.53. The van der Waals surface area contributed by atoms with Crippen molar-refractivity contribution in [2.45, 2.75) is 0 Å². The van der Waals surface area contributed by atoms with E-state index < -0.39 is 17.7 Å². The van der Waals surface area contributed by atoms with Crippen molar-refractivity contribution in [2.24, 2.45) is 5.73 Å². The van der Waals surface area contributed by atoms with Crippen molar-refractivity contribution in [1.29, 1.82) is 0 Å². The number of halogens is 1. The Morgan fingerprint density at radius 2 is 1.70 bits per heavy atom. The molecule has 0 radical (unpaired) electrons. The van der Waals surface area contributed by atoms with Gasteiger partial charge in [0, 0.05) is 21.8 Å². The topological polar surface area (TPSA) is 101 Å². The van der Waals surface area contributed by atoms with Crippen molar-refractivity contribution >= 4 is 35.0 Å². The lowest BCUT2D eigenvalue weighted by Crippen LogP contribution is -2.32. The molecule has 7 heteroatoms. The summed E-state index contributed by atoms with van der Waals surface area (Å²) in [6, 6.07) is 12.5. The average molecular weight is 332 g/mol.